The summed E-state index contributed by atoms with van der Waals surface area (Å²) in [6, 6.07) is 0. The molecule has 0 aliphatic carbocycles. The van der Waals surface area contributed by atoms with Gasteiger partial charge in [0.1, 0.15) is 0 Å². The van der Waals surface area contributed by atoms with Crippen molar-refractivity contribution in [2.45, 2.75) is 77.4 Å². The molecule has 0 rings (SSSR count). The molecule has 0 radical (unpaired) electrons. The summed E-state index contributed by atoms with van der Waals surface area (Å²) in [5, 5.41) is 0. The molecule has 0 spiro atoms. The Kier molecular flexibility index (Phi) is 13.0. The van der Waals surface area contributed by atoms with Crippen LogP contribution in [-0.4, -0.2) is 19.0 Å². The smallest absolute Gasteiger partial charge is 0.166 e. The van der Waals surface area contributed by atoms with Crippen molar-refractivity contribution in [3.63, 3.8) is 0 Å². The highest BCUT2D eigenvalue weighted by atomic mass is 16.7. The fourth-order valence-electron chi connectivity index (χ4n) is 2.24. The molecule has 0 saturated heterocycles. The third-order valence-electron chi connectivity index (χ3n) is 3.50. The third kappa shape index (κ3) is 11.2. The van der Waals surface area contributed by atoms with Crippen molar-refractivity contribution in [1.82, 2.24) is 0 Å². The van der Waals surface area contributed by atoms with E-state index >= 15 is 0 Å². The Hall–Kier alpha value is -0.600. The van der Waals surface area contributed by atoms with Gasteiger partial charge in [-0.3, -0.25) is 0 Å². The highest BCUT2D eigenvalue weighted by Crippen LogP contribution is 2.22. The van der Waals surface area contributed by atoms with Gasteiger partial charge in [0.2, 0.25) is 0 Å². The van der Waals surface area contributed by atoms with Gasteiger partial charge in [-0.1, -0.05) is 64.0 Å². The van der Waals surface area contributed by atoms with E-state index in [0.29, 0.717) is 13.2 Å². The van der Waals surface area contributed by atoms with Crippen LogP contribution in [0.4, 0.5) is 0 Å². The van der Waals surface area contributed by atoms with E-state index in [-0.39, 0.29) is 0 Å². The lowest BCUT2D eigenvalue weighted by molar-refractivity contribution is -0.217. The Bertz CT molecular complexity index is 224. The van der Waals surface area contributed by atoms with Gasteiger partial charge < -0.3 is 9.47 Å². The molecule has 0 aromatic carbocycles. The zero-order valence-corrected chi connectivity index (χ0v) is 13.7. The first-order valence-corrected chi connectivity index (χ1v) is 8.18. The molecule has 118 valence electrons. The van der Waals surface area contributed by atoms with Gasteiger partial charge in [-0.05, 0) is 13.3 Å². The Labute approximate surface area is 126 Å². The maximum absolute atomic E-state index is 5.75. The van der Waals surface area contributed by atoms with Gasteiger partial charge in [-0.2, -0.15) is 0 Å². The second kappa shape index (κ2) is 13.4. The van der Waals surface area contributed by atoms with Crippen LogP contribution in [-0.2, 0) is 9.47 Å². The molecule has 2 heteroatoms. The van der Waals surface area contributed by atoms with Crippen LogP contribution in [0.15, 0.2) is 25.3 Å². The molecule has 0 heterocycles. The van der Waals surface area contributed by atoms with Gasteiger partial charge in [0.05, 0.1) is 13.2 Å². The molecule has 0 aliphatic rings. The van der Waals surface area contributed by atoms with Crippen molar-refractivity contribution < 1.29 is 9.47 Å². The fraction of sp³-hybridized carbons (Fsp3) is 0.778. The molecule has 0 fully saturated rings. The summed E-state index contributed by atoms with van der Waals surface area (Å²) in [5.74, 6) is -0.495. The van der Waals surface area contributed by atoms with Crippen molar-refractivity contribution >= 4 is 0 Å². The van der Waals surface area contributed by atoms with Crippen LogP contribution >= 0.6 is 0 Å². The molecular weight excluding hydrogens is 248 g/mol. The highest BCUT2D eigenvalue weighted by molar-refractivity contribution is 4.73. The number of rotatable bonds is 15. The van der Waals surface area contributed by atoms with Crippen molar-refractivity contribution in [2.24, 2.45) is 0 Å². The molecule has 20 heavy (non-hydrogen) atoms. The normalized spacial score (nSPS) is 11.5. The summed E-state index contributed by atoms with van der Waals surface area (Å²) in [6.45, 7) is 12.7. The van der Waals surface area contributed by atoms with E-state index in [1.807, 2.05) is 6.92 Å². The first-order chi connectivity index (χ1) is 9.68. The quantitative estimate of drug-likeness (QED) is 0.220. The van der Waals surface area contributed by atoms with Gasteiger partial charge in [0.25, 0.3) is 0 Å². The van der Waals surface area contributed by atoms with E-state index in [1.54, 1.807) is 12.2 Å². The van der Waals surface area contributed by atoms with E-state index in [4.69, 9.17) is 9.47 Å². The molecule has 0 aliphatic heterocycles. The van der Waals surface area contributed by atoms with Crippen molar-refractivity contribution in [1.29, 1.82) is 0 Å². The molecule has 0 bridgehead atoms. The lowest BCUT2D eigenvalue weighted by Crippen LogP contribution is -2.32. The molecule has 0 N–H and O–H groups in total. The fourth-order valence-corrected chi connectivity index (χ4v) is 2.24. The number of ether oxygens (including phenoxy) is 2. The van der Waals surface area contributed by atoms with E-state index in [0.717, 1.165) is 12.8 Å². The highest BCUT2D eigenvalue weighted by Gasteiger charge is 2.24. The summed E-state index contributed by atoms with van der Waals surface area (Å²) < 4.78 is 11.5. The summed E-state index contributed by atoms with van der Waals surface area (Å²) in [6.07, 6.45) is 15.0. The second-order valence-corrected chi connectivity index (χ2v) is 5.56. The monoisotopic (exact) mass is 282 g/mol. The first-order valence-electron chi connectivity index (χ1n) is 8.18. The maximum atomic E-state index is 5.75. The van der Waals surface area contributed by atoms with E-state index in [1.165, 1.54) is 44.9 Å². The topological polar surface area (TPSA) is 18.5 Å². The molecule has 0 aromatic rings. The Balaban J connectivity index is 3.72. The summed E-state index contributed by atoms with van der Waals surface area (Å²) >= 11 is 0. The number of hydrogen-bond acceptors (Lipinski definition) is 2. The standard InChI is InChI=1S/C18H34O2/c1-5-8-9-10-11-12-13-14-15-18(4,19-16-6-2)20-17-7-3/h6-7H,2-3,5,8-17H2,1,4H3. The second-order valence-electron chi connectivity index (χ2n) is 5.56. The van der Waals surface area contributed by atoms with Gasteiger partial charge in [-0.15, -0.1) is 13.2 Å². The average molecular weight is 282 g/mol. The van der Waals surface area contributed by atoms with Crippen LogP contribution in [0.2, 0.25) is 0 Å². The van der Waals surface area contributed by atoms with E-state index in [2.05, 4.69) is 20.1 Å². The van der Waals surface area contributed by atoms with E-state index in [9.17, 15) is 0 Å². The summed E-state index contributed by atoms with van der Waals surface area (Å²) in [5.41, 5.74) is 0. The Morgan fingerprint density at radius 1 is 0.800 bits per heavy atom. The molecule has 0 amide bonds. The molecule has 0 saturated carbocycles. The largest absolute Gasteiger partial charge is 0.346 e. The van der Waals surface area contributed by atoms with Crippen molar-refractivity contribution in [3.8, 4) is 0 Å². The lowest BCUT2D eigenvalue weighted by atomic mass is 10.0. The minimum absolute atomic E-state index is 0.495. The zero-order valence-electron chi connectivity index (χ0n) is 13.7. The SMILES string of the molecule is C=CCOC(C)(CCCCCCCCCC)OCC=C. The lowest BCUT2D eigenvalue weighted by Gasteiger charge is -2.29. The van der Waals surface area contributed by atoms with Crippen molar-refractivity contribution in [2.75, 3.05) is 13.2 Å². The molecule has 0 aromatic heterocycles. The van der Waals surface area contributed by atoms with Crippen LogP contribution in [0.1, 0.15) is 71.6 Å². The Morgan fingerprint density at radius 3 is 1.70 bits per heavy atom. The predicted molar refractivity (Wildman–Crippen MR) is 87.9 cm³/mol. The van der Waals surface area contributed by atoms with Gasteiger partial charge in [-0.25, -0.2) is 0 Å². The predicted octanol–water partition coefficient (Wildman–Crippen LogP) is 5.64. The Morgan fingerprint density at radius 2 is 1.25 bits per heavy atom. The van der Waals surface area contributed by atoms with Gasteiger partial charge in [0.15, 0.2) is 5.79 Å². The summed E-state index contributed by atoms with van der Waals surface area (Å²) in [4.78, 5) is 0. The minimum Gasteiger partial charge on any atom is -0.346 e. The molecule has 2 nitrogen and oxygen atoms in total. The number of unbranched alkanes of at least 4 members (excludes halogenated alkanes) is 7. The van der Waals surface area contributed by atoms with Crippen molar-refractivity contribution in [3.05, 3.63) is 25.3 Å². The van der Waals surface area contributed by atoms with Crippen LogP contribution in [0, 0.1) is 0 Å². The third-order valence-corrected chi connectivity index (χ3v) is 3.50. The van der Waals surface area contributed by atoms with Gasteiger partial charge >= 0.3 is 0 Å². The van der Waals surface area contributed by atoms with Gasteiger partial charge in [0, 0.05) is 6.42 Å². The molecular formula is C18H34O2. The van der Waals surface area contributed by atoms with E-state index < -0.39 is 5.79 Å². The average Bonchev–Trinajstić information content (AvgIpc) is 2.46. The molecule has 0 atom stereocenters. The van der Waals surface area contributed by atoms with Crippen LogP contribution in [0.3, 0.4) is 0 Å². The van der Waals surface area contributed by atoms with Crippen LogP contribution in [0.25, 0.3) is 0 Å². The minimum atomic E-state index is -0.495. The maximum Gasteiger partial charge on any atom is 0.166 e. The zero-order chi connectivity index (χ0) is 15.1. The van der Waals surface area contributed by atoms with Crippen LogP contribution in [0.5, 0.6) is 0 Å². The summed E-state index contributed by atoms with van der Waals surface area (Å²) in [7, 11) is 0. The number of hydrogen-bond donors (Lipinski definition) is 0. The van der Waals surface area contributed by atoms with Crippen LogP contribution < -0.4 is 0 Å². The molecule has 0 unspecified atom stereocenters. The first kappa shape index (κ1) is 19.4.